The number of rotatable bonds is 6. The molecule has 1 fully saturated rings. The zero-order valence-corrected chi connectivity index (χ0v) is 10.7. The van der Waals surface area contributed by atoms with E-state index < -0.39 is 0 Å². The molecule has 0 aromatic carbocycles. The Labute approximate surface area is 98.8 Å². The number of aliphatic hydroxyl groups is 1. The van der Waals surface area contributed by atoms with Gasteiger partial charge >= 0.3 is 0 Å². The van der Waals surface area contributed by atoms with Crippen LogP contribution in [0.3, 0.4) is 0 Å². The summed E-state index contributed by atoms with van der Waals surface area (Å²) in [5, 5.41) is 9.74. The van der Waals surface area contributed by atoms with E-state index in [0.29, 0.717) is 18.4 Å². The van der Waals surface area contributed by atoms with Crippen molar-refractivity contribution in [2.24, 2.45) is 5.92 Å². The van der Waals surface area contributed by atoms with E-state index in [1.165, 1.54) is 12.8 Å². The van der Waals surface area contributed by atoms with Crippen molar-refractivity contribution in [1.82, 2.24) is 4.90 Å². The summed E-state index contributed by atoms with van der Waals surface area (Å²) >= 11 is 0. The smallest absolute Gasteiger partial charge is 0.0906 e. The van der Waals surface area contributed by atoms with Gasteiger partial charge in [0.25, 0.3) is 0 Å². The first-order valence-corrected chi connectivity index (χ1v) is 6.63. The number of hydrogen-bond acceptors (Lipinski definition) is 2. The van der Waals surface area contributed by atoms with Crippen molar-refractivity contribution < 1.29 is 9.50 Å². The summed E-state index contributed by atoms with van der Waals surface area (Å²) in [5.74, 6) is 0.693. The lowest BCUT2D eigenvalue weighted by Crippen LogP contribution is -2.44. The molecule has 1 saturated carbocycles. The molecule has 0 aromatic rings. The van der Waals surface area contributed by atoms with E-state index in [2.05, 4.69) is 18.9 Å². The highest BCUT2D eigenvalue weighted by atomic mass is 19.1. The minimum absolute atomic E-state index is 0.147. The maximum Gasteiger partial charge on any atom is 0.0906 e. The fourth-order valence-corrected chi connectivity index (χ4v) is 2.91. The molecule has 96 valence electrons. The van der Waals surface area contributed by atoms with Gasteiger partial charge in [0.15, 0.2) is 0 Å². The Bertz CT molecular complexity index is 189. The van der Waals surface area contributed by atoms with Crippen molar-refractivity contribution in [1.29, 1.82) is 0 Å². The Morgan fingerprint density at radius 2 is 2.12 bits per heavy atom. The molecule has 0 amide bonds. The third kappa shape index (κ3) is 4.02. The van der Waals surface area contributed by atoms with Gasteiger partial charge in [0.05, 0.1) is 12.8 Å². The minimum Gasteiger partial charge on any atom is -0.393 e. The molecule has 16 heavy (non-hydrogen) atoms. The molecule has 0 aromatic heterocycles. The summed E-state index contributed by atoms with van der Waals surface area (Å²) < 4.78 is 12.2. The first-order valence-electron chi connectivity index (χ1n) is 6.63. The van der Waals surface area contributed by atoms with Gasteiger partial charge in [-0.25, -0.2) is 0 Å². The average Bonchev–Trinajstić information content (AvgIpc) is 2.28. The number of alkyl halides is 1. The summed E-state index contributed by atoms with van der Waals surface area (Å²) in [6.07, 6.45) is 5.84. The van der Waals surface area contributed by atoms with Crippen LogP contribution in [0.2, 0.25) is 0 Å². The van der Waals surface area contributed by atoms with Gasteiger partial charge < -0.3 is 10.0 Å². The second kappa shape index (κ2) is 7.23. The summed E-state index contributed by atoms with van der Waals surface area (Å²) in [6, 6.07) is 0.454. The van der Waals surface area contributed by atoms with Crippen LogP contribution in [0.4, 0.5) is 4.39 Å². The number of hydrogen-bond donors (Lipinski definition) is 1. The van der Waals surface area contributed by atoms with Crippen LogP contribution in [-0.2, 0) is 0 Å². The van der Waals surface area contributed by atoms with Crippen molar-refractivity contribution in [2.75, 3.05) is 20.3 Å². The lowest BCUT2D eigenvalue weighted by Gasteiger charge is -2.40. The van der Waals surface area contributed by atoms with Gasteiger partial charge in [0, 0.05) is 12.6 Å². The van der Waals surface area contributed by atoms with Crippen LogP contribution >= 0.6 is 0 Å². The van der Waals surface area contributed by atoms with Gasteiger partial charge in [-0.05, 0) is 45.1 Å². The van der Waals surface area contributed by atoms with Gasteiger partial charge in [-0.15, -0.1) is 0 Å². The molecule has 3 unspecified atom stereocenters. The van der Waals surface area contributed by atoms with Gasteiger partial charge in [0.1, 0.15) is 0 Å². The maximum atomic E-state index is 12.2. The van der Waals surface area contributed by atoms with Gasteiger partial charge in [-0.2, -0.15) is 0 Å². The van der Waals surface area contributed by atoms with Crippen LogP contribution in [0, 0.1) is 5.92 Å². The van der Waals surface area contributed by atoms with Crippen LogP contribution in [0.1, 0.15) is 45.4 Å². The first kappa shape index (κ1) is 13.9. The van der Waals surface area contributed by atoms with Crippen molar-refractivity contribution >= 4 is 0 Å². The Balaban J connectivity index is 2.48. The lowest BCUT2D eigenvalue weighted by atomic mass is 9.79. The fourth-order valence-electron chi connectivity index (χ4n) is 2.91. The monoisotopic (exact) mass is 231 g/mol. The molecule has 1 rings (SSSR count). The summed E-state index contributed by atoms with van der Waals surface area (Å²) in [4.78, 5) is 2.25. The van der Waals surface area contributed by atoms with E-state index in [4.69, 9.17) is 0 Å². The van der Waals surface area contributed by atoms with Gasteiger partial charge in [-0.3, -0.25) is 4.39 Å². The predicted molar refractivity (Wildman–Crippen MR) is 65.3 cm³/mol. The largest absolute Gasteiger partial charge is 0.393 e. The number of halogens is 1. The highest BCUT2D eigenvalue weighted by molar-refractivity contribution is 4.85. The van der Waals surface area contributed by atoms with E-state index in [-0.39, 0.29) is 12.8 Å². The van der Waals surface area contributed by atoms with Crippen molar-refractivity contribution in [3.05, 3.63) is 0 Å². The standard InChI is InChI=1S/C13H26FNO/c1-3-5-11-6-7-12(16)10-13(11)15(2)9-4-8-14/h11-13,16H,3-10H2,1-2H3. The topological polar surface area (TPSA) is 23.5 Å². The van der Waals surface area contributed by atoms with Crippen LogP contribution in [0.5, 0.6) is 0 Å². The van der Waals surface area contributed by atoms with E-state index in [1.807, 2.05) is 0 Å². The van der Waals surface area contributed by atoms with Gasteiger partial charge in [-0.1, -0.05) is 13.3 Å². The van der Waals surface area contributed by atoms with E-state index in [1.54, 1.807) is 0 Å². The zero-order chi connectivity index (χ0) is 12.0. The molecule has 2 nitrogen and oxygen atoms in total. The van der Waals surface area contributed by atoms with E-state index in [0.717, 1.165) is 25.8 Å². The Morgan fingerprint density at radius 1 is 1.38 bits per heavy atom. The van der Waals surface area contributed by atoms with Crippen LogP contribution < -0.4 is 0 Å². The number of aliphatic hydroxyl groups excluding tert-OH is 1. The molecule has 0 spiro atoms. The minimum atomic E-state index is -0.238. The lowest BCUT2D eigenvalue weighted by molar-refractivity contribution is 0.0338. The molecule has 1 N–H and O–H groups in total. The highest BCUT2D eigenvalue weighted by Gasteiger charge is 2.31. The average molecular weight is 231 g/mol. The molecule has 0 saturated heterocycles. The normalized spacial score (nSPS) is 30.9. The number of nitrogens with zero attached hydrogens (tertiary/aromatic N) is 1. The Morgan fingerprint density at radius 3 is 2.75 bits per heavy atom. The summed E-state index contributed by atoms with van der Waals surface area (Å²) in [6.45, 7) is 2.79. The summed E-state index contributed by atoms with van der Waals surface area (Å²) in [7, 11) is 2.07. The third-order valence-corrected chi connectivity index (χ3v) is 3.80. The molecule has 0 radical (unpaired) electrons. The van der Waals surface area contributed by atoms with Crippen LogP contribution in [0.15, 0.2) is 0 Å². The van der Waals surface area contributed by atoms with E-state index >= 15 is 0 Å². The molecule has 1 aliphatic rings. The molecule has 1 aliphatic carbocycles. The molecule has 3 atom stereocenters. The van der Waals surface area contributed by atoms with Crippen molar-refractivity contribution in [3.8, 4) is 0 Å². The Hall–Kier alpha value is -0.150. The third-order valence-electron chi connectivity index (χ3n) is 3.80. The predicted octanol–water partition coefficient (Wildman–Crippen LogP) is 2.61. The highest BCUT2D eigenvalue weighted by Crippen LogP contribution is 2.31. The molecule has 0 bridgehead atoms. The van der Waals surface area contributed by atoms with Gasteiger partial charge in [0.2, 0.25) is 0 Å². The molecule has 0 aliphatic heterocycles. The first-order chi connectivity index (χ1) is 7.69. The summed E-state index contributed by atoms with van der Waals surface area (Å²) in [5.41, 5.74) is 0. The van der Waals surface area contributed by atoms with Crippen molar-refractivity contribution in [3.63, 3.8) is 0 Å². The molecular formula is C13H26FNO. The SMILES string of the molecule is CCCC1CCC(O)CC1N(C)CCCF. The second-order valence-electron chi connectivity index (χ2n) is 5.11. The molecule has 0 heterocycles. The maximum absolute atomic E-state index is 12.2. The molecule has 3 heteroatoms. The zero-order valence-electron chi connectivity index (χ0n) is 10.7. The van der Waals surface area contributed by atoms with Crippen LogP contribution in [0.25, 0.3) is 0 Å². The van der Waals surface area contributed by atoms with Crippen molar-refractivity contribution in [2.45, 2.75) is 57.6 Å². The van der Waals surface area contributed by atoms with E-state index in [9.17, 15) is 9.50 Å². The van der Waals surface area contributed by atoms with Crippen LogP contribution in [-0.4, -0.2) is 42.4 Å². The fraction of sp³-hybridized carbons (Fsp3) is 1.00. The Kier molecular flexibility index (Phi) is 6.29. The quantitative estimate of drug-likeness (QED) is 0.759. The molecular weight excluding hydrogens is 205 g/mol. The second-order valence-corrected chi connectivity index (χ2v) is 5.11.